The van der Waals surface area contributed by atoms with Crippen LogP contribution in [0.5, 0.6) is 0 Å². The fourth-order valence-corrected chi connectivity index (χ4v) is 2.99. The Kier molecular flexibility index (Phi) is 7.62. The molecule has 134 valence electrons. The zero-order valence-corrected chi connectivity index (χ0v) is 14.2. The van der Waals surface area contributed by atoms with E-state index in [4.69, 9.17) is 4.74 Å². The number of piperidine rings is 1. The van der Waals surface area contributed by atoms with Crippen LogP contribution in [0.4, 0.5) is 4.39 Å². The lowest BCUT2D eigenvalue weighted by Crippen LogP contribution is -2.42. The quantitative estimate of drug-likeness (QED) is 0.709. The number of aliphatic hydroxyl groups is 1. The largest absolute Gasteiger partial charge is 0.387 e. The van der Waals surface area contributed by atoms with Crippen LogP contribution in [0.25, 0.3) is 0 Å². The Morgan fingerprint density at radius 2 is 2.04 bits per heavy atom. The molecule has 2 rings (SSSR count). The molecule has 1 aliphatic rings. The molecule has 0 radical (unpaired) electrons. The molecule has 6 heteroatoms. The van der Waals surface area contributed by atoms with Crippen molar-refractivity contribution in [2.75, 3.05) is 39.9 Å². The molecular weight excluding hydrogens is 311 g/mol. The van der Waals surface area contributed by atoms with Crippen LogP contribution in [0.2, 0.25) is 0 Å². The van der Waals surface area contributed by atoms with E-state index in [0.29, 0.717) is 19.7 Å². The highest BCUT2D eigenvalue weighted by Crippen LogP contribution is 2.21. The minimum atomic E-state index is -0.634. The lowest BCUT2D eigenvalue weighted by Gasteiger charge is -2.32. The summed E-state index contributed by atoms with van der Waals surface area (Å²) in [6.45, 7) is 3.38. The molecule has 24 heavy (non-hydrogen) atoms. The SMILES string of the molecule is COCCCNC(=O)C1CCN(CC(O)c2ccc(F)cc2)CC1. The highest BCUT2D eigenvalue weighted by molar-refractivity contribution is 5.78. The number of aliphatic hydroxyl groups excluding tert-OH is 1. The number of carbonyl (C=O) groups excluding carboxylic acids is 1. The fourth-order valence-electron chi connectivity index (χ4n) is 2.99. The van der Waals surface area contributed by atoms with Gasteiger partial charge in [-0.2, -0.15) is 0 Å². The summed E-state index contributed by atoms with van der Waals surface area (Å²) in [6.07, 6.45) is 1.79. The second kappa shape index (κ2) is 9.71. The number of ether oxygens (including phenoxy) is 1. The van der Waals surface area contributed by atoms with Crippen molar-refractivity contribution in [3.8, 4) is 0 Å². The van der Waals surface area contributed by atoms with Crippen LogP contribution in [0.1, 0.15) is 30.9 Å². The normalized spacial score (nSPS) is 17.6. The zero-order chi connectivity index (χ0) is 17.4. The predicted molar refractivity (Wildman–Crippen MR) is 90.0 cm³/mol. The van der Waals surface area contributed by atoms with Crippen molar-refractivity contribution in [1.82, 2.24) is 10.2 Å². The van der Waals surface area contributed by atoms with Crippen LogP contribution in [0.15, 0.2) is 24.3 Å². The molecule has 1 aromatic carbocycles. The van der Waals surface area contributed by atoms with Gasteiger partial charge in [-0.05, 0) is 50.0 Å². The molecular formula is C18H27FN2O3. The monoisotopic (exact) mass is 338 g/mol. The molecule has 1 atom stereocenters. The van der Waals surface area contributed by atoms with Crippen LogP contribution in [-0.2, 0) is 9.53 Å². The van der Waals surface area contributed by atoms with E-state index in [2.05, 4.69) is 10.2 Å². The summed E-state index contributed by atoms with van der Waals surface area (Å²) in [5.41, 5.74) is 0.717. The van der Waals surface area contributed by atoms with Crippen LogP contribution in [-0.4, -0.2) is 55.8 Å². The number of hydrogen-bond donors (Lipinski definition) is 2. The van der Waals surface area contributed by atoms with E-state index >= 15 is 0 Å². The Labute approximate surface area is 142 Å². The summed E-state index contributed by atoms with van der Waals surface area (Å²) in [5, 5.41) is 13.2. The number of β-amino-alcohol motifs (C(OH)–C–C–N with tert-alkyl or cyclic N) is 1. The Morgan fingerprint density at radius 3 is 2.67 bits per heavy atom. The van der Waals surface area contributed by atoms with Gasteiger partial charge in [0.15, 0.2) is 0 Å². The number of benzene rings is 1. The van der Waals surface area contributed by atoms with Crippen molar-refractivity contribution in [3.05, 3.63) is 35.6 Å². The minimum Gasteiger partial charge on any atom is -0.387 e. The Balaban J connectivity index is 1.70. The molecule has 0 bridgehead atoms. The first-order valence-electron chi connectivity index (χ1n) is 8.52. The van der Waals surface area contributed by atoms with Crippen molar-refractivity contribution >= 4 is 5.91 Å². The van der Waals surface area contributed by atoms with Gasteiger partial charge >= 0.3 is 0 Å². The number of nitrogens with one attached hydrogen (secondary N) is 1. The van der Waals surface area contributed by atoms with Gasteiger partial charge < -0.3 is 20.1 Å². The first kappa shape index (κ1) is 18.8. The van der Waals surface area contributed by atoms with Crippen molar-refractivity contribution in [2.45, 2.75) is 25.4 Å². The third-order valence-corrected chi connectivity index (χ3v) is 4.47. The maximum Gasteiger partial charge on any atom is 0.223 e. The number of likely N-dealkylation sites (tertiary alicyclic amines) is 1. The van der Waals surface area contributed by atoms with Crippen molar-refractivity contribution < 1.29 is 19.0 Å². The molecule has 0 saturated carbocycles. The molecule has 0 spiro atoms. The molecule has 1 heterocycles. The smallest absolute Gasteiger partial charge is 0.223 e. The number of carbonyl (C=O) groups is 1. The third-order valence-electron chi connectivity index (χ3n) is 4.47. The maximum atomic E-state index is 12.9. The number of rotatable bonds is 8. The van der Waals surface area contributed by atoms with E-state index in [9.17, 15) is 14.3 Å². The maximum absolute atomic E-state index is 12.9. The van der Waals surface area contributed by atoms with Gasteiger partial charge in [-0.1, -0.05) is 12.1 Å². The number of hydrogen-bond acceptors (Lipinski definition) is 4. The van der Waals surface area contributed by atoms with E-state index in [1.807, 2.05) is 0 Å². The Morgan fingerprint density at radius 1 is 1.38 bits per heavy atom. The fraction of sp³-hybridized carbons (Fsp3) is 0.611. The first-order valence-corrected chi connectivity index (χ1v) is 8.52. The number of nitrogens with zero attached hydrogens (tertiary/aromatic N) is 1. The van der Waals surface area contributed by atoms with Crippen LogP contribution in [0, 0.1) is 11.7 Å². The molecule has 1 aliphatic heterocycles. The van der Waals surface area contributed by atoms with E-state index in [-0.39, 0.29) is 17.6 Å². The summed E-state index contributed by atoms with van der Waals surface area (Å²) in [5.74, 6) is -0.139. The third kappa shape index (κ3) is 5.85. The number of methoxy groups -OCH3 is 1. The lowest BCUT2D eigenvalue weighted by molar-refractivity contribution is -0.126. The van der Waals surface area contributed by atoms with E-state index in [0.717, 1.165) is 37.9 Å². The summed E-state index contributed by atoms with van der Waals surface area (Å²) in [7, 11) is 1.65. The van der Waals surface area contributed by atoms with Gasteiger partial charge in [0, 0.05) is 32.7 Å². The standard InChI is InChI=1S/C18H27FN2O3/c1-24-12-2-9-20-18(23)15-7-10-21(11-8-15)13-17(22)14-3-5-16(19)6-4-14/h3-6,15,17,22H,2,7-13H2,1H3,(H,20,23). The minimum absolute atomic E-state index is 0.0479. The average Bonchev–Trinajstić information content (AvgIpc) is 2.59. The topological polar surface area (TPSA) is 61.8 Å². The first-order chi connectivity index (χ1) is 11.6. The van der Waals surface area contributed by atoms with E-state index in [1.54, 1.807) is 19.2 Å². The molecule has 0 aliphatic carbocycles. The summed E-state index contributed by atoms with van der Waals surface area (Å²) >= 11 is 0. The van der Waals surface area contributed by atoms with Gasteiger partial charge in [-0.3, -0.25) is 4.79 Å². The van der Waals surface area contributed by atoms with E-state index < -0.39 is 6.10 Å². The summed E-state index contributed by atoms with van der Waals surface area (Å²) in [6, 6.07) is 5.94. The van der Waals surface area contributed by atoms with Gasteiger partial charge in [-0.15, -0.1) is 0 Å². The summed E-state index contributed by atoms with van der Waals surface area (Å²) in [4.78, 5) is 14.2. The average molecular weight is 338 g/mol. The van der Waals surface area contributed by atoms with Gasteiger partial charge in [0.05, 0.1) is 6.10 Å². The summed E-state index contributed by atoms with van der Waals surface area (Å²) < 4.78 is 17.9. The Hall–Kier alpha value is -1.50. The second-order valence-electron chi connectivity index (χ2n) is 6.28. The lowest BCUT2D eigenvalue weighted by atomic mass is 9.95. The van der Waals surface area contributed by atoms with Crippen molar-refractivity contribution in [1.29, 1.82) is 0 Å². The predicted octanol–water partition coefficient (Wildman–Crippen LogP) is 1.72. The highest BCUT2D eigenvalue weighted by Gasteiger charge is 2.25. The van der Waals surface area contributed by atoms with Crippen molar-refractivity contribution in [3.63, 3.8) is 0 Å². The van der Waals surface area contributed by atoms with Gasteiger partial charge in [0.1, 0.15) is 5.82 Å². The molecule has 1 saturated heterocycles. The van der Waals surface area contributed by atoms with E-state index in [1.165, 1.54) is 12.1 Å². The van der Waals surface area contributed by atoms with Crippen LogP contribution in [0.3, 0.4) is 0 Å². The molecule has 1 aromatic rings. The molecule has 0 aromatic heterocycles. The zero-order valence-electron chi connectivity index (χ0n) is 14.2. The van der Waals surface area contributed by atoms with Gasteiger partial charge in [0.25, 0.3) is 0 Å². The highest BCUT2D eigenvalue weighted by atomic mass is 19.1. The van der Waals surface area contributed by atoms with Crippen LogP contribution < -0.4 is 5.32 Å². The second-order valence-corrected chi connectivity index (χ2v) is 6.28. The molecule has 1 fully saturated rings. The number of halogens is 1. The van der Waals surface area contributed by atoms with Crippen molar-refractivity contribution in [2.24, 2.45) is 5.92 Å². The molecule has 2 N–H and O–H groups in total. The number of amides is 1. The van der Waals surface area contributed by atoms with Gasteiger partial charge in [-0.25, -0.2) is 4.39 Å². The molecule has 5 nitrogen and oxygen atoms in total. The Bertz CT molecular complexity index is 501. The van der Waals surface area contributed by atoms with Crippen LogP contribution >= 0.6 is 0 Å². The van der Waals surface area contributed by atoms with Gasteiger partial charge in [0.2, 0.25) is 5.91 Å². The molecule has 1 amide bonds. The molecule has 1 unspecified atom stereocenters.